The van der Waals surface area contributed by atoms with Gasteiger partial charge in [0.1, 0.15) is 0 Å². The van der Waals surface area contributed by atoms with E-state index < -0.39 is 0 Å². The number of likely N-dealkylation sites (tertiary alicyclic amines) is 1. The van der Waals surface area contributed by atoms with E-state index in [9.17, 15) is 0 Å². The maximum Gasteiger partial charge on any atom is 0.191 e. The third kappa shape index (κ3) is 5.96. The third-order valence-electron chi connectivity index (χ3n) is 5.53. The molecule has 1 aliphatic carbocycles. The number of nitrogens with one attached hydrogen (secondary N) is 2. The molecule has 5 heteroatoms. The normalized spacial score (nSPS) is 22.3. The molecule has 23 heavy (non-hydrogen) atoms. The number of likely N-dealkylation sites (N-methyl/N-ethyl adjacent to an activating group) is 1. The zero-order valence-electron chi connectivity index (χ0n) is 15.6. The van der Waals surface area contributed by atoms with E-state index in [0.29, 0.717) is 12.1 Å². The highest BCUT2D eigenvalue weighted by atomic mass is 15.2. The molecular weight excluding hydrogens is 286 g/mol. The molecule has 0 bridgehead atoms. The highest BCUT2D eigenvalue weighted by Gasteiger charge is 2.22. The molecule has 2 fully saturated rings. The Kier molecular flexibility index (Phi) is 7.63. The fourth-order valence-corrected chi connectivity index (χ4v) is 3.83. The molecule has 5 nitrogen and oxygen atoms in total. The number of aliphatic imine (C=N–C) groups is 1. The Labute approximate surface area is 142 Å². The molecule has 0 amide bonds. The Hall–Kier alpha value is -0.810. The van der Waals surface area contributed by atoms with Gasteiger partial charge in [0.15, 0.2) is 5.96 Å². The molecule has 134 valence electrons. The monoisotopic (exact) mass is 323 g/mol. The Bertz CT molecular complexity index is 354. The molecule has 0 unspecified atom stereocenters. The molecule has 0 atom stereocenters. The quantitative estimate of drug-likeness (QED) is 0.579. The van der Waals surface area contributed by atoms with Crippen LogP contribution in [0.4, 0.5) is 0 Å². The Morgan fingerprint density at radius 2 is 1.83 bits per heavy atom. The summed E-state index contributed by atoms with van der Waals surface area (Å²) >= 11 is 0. The van der Waals surface area contributed by atoms with Gasteiger partial charge in [0, 0.05) is 51.4 Å². The van der Waals surface area contributed by atoms with Gasteiger partial charge in [0.2, 0.25) is 0 Å². The molecule has 0 aromatic heterocycles. The summed E-state index contributed by atoms with van der Waals surface area (Å²) in [6.45, 7) is 9.02. The third-order valence-corrected chi connectivity index (χ3v) is 5.53. The van der Waals surface area contributed by atoms with Crippen LogP contribution >= 0.6 is 0 Å². The van der Waals surface area contributed by atoms with Gasteiger partial charge in [-0.2, -0.15) is 0 Å². The van der Waals surface area contributed by atoms with E-state index in [-0.39, 0.29) is 0 Å². The van der Waals surface area contributed by atoms with Crippen LogP contribution in [-0.4, -0.2) is 74.2 Å². The van der Waals surface area contributed by atoms with Crippen molar-refractivity contribution < 1.29 is 0 Å². The zero-order valence-corrected chi connectivity index (χ0v) is 15.6. The maximum atomic E-state index is 4.39. The average Bonchev–Trinajstić information content (AvgIpc) is 3.08. The van der Waals surface area contributed by atoms with E-state index >= 15 is 0 Å². The van der Waals surface area contributed by atoms with Crippen molar-refractivity contribution >= 4 is 5.96 Å². The summed E-state index contributed by atoms with van der Waals surface area (Å²) in [5, 5.41) is 7.09. The summed E-state index contributed by atoms with van der Waals surface area (Å²) < 4.78 is 0. The van der Waals surface area contributed by atoms with Crippen molar-refractivity contribution in [1.82, 2.24) is 20.4 Å². The molecular formula is C18H37N5. The first-order chi connectivity index (χ1) is 11.1. The minimum absolute atomic E-state index is 0.559. The van der Waals surface area contributed by atoms with Crippen molar-refractivity contribution in [2.24, 2.45) is 4.99 Å². The largest absolute Gasteiger partial charge is 0.355 e. The van der Waals surface area contributed by atoms with E-state index in [0.717, 1.165) is 25.1 Å². The highest BCUT2D eigenvalue weighted by molar-refractivity contribution is 5.79. The highest BCUT2D eigenvalue weighted by Crippen LogP contribution is 2.21. The second-order valence-corrected chi connectivity index (χ2v) is 7.47. The van der Waals surface area contributed by atoms with Crippen LogP contribution < -0.4 is 10.6 Å². The SMILES string of the molecule is CN=C(NCCN(C)C1CCCC1)NC1CCN(C(C)C)CC1. The van der Waals surface area contributed by atoms with Gasteiger partial charge in [-0.25, -0.2) is 0 Å². The molecule has 1 heterocycles. The topological polar surface area (TPSA) is 42.9 Å². The smallest absolute Gasteiger partial charge is 0.191 e. The van der Waals surface area contributed by atoms with Crippen LogP contribution in [0.25, 0.3) is 0 Å². The lowest BCUT2D eigenvalue weighted by Gasteiger charge is -2.35. The summed E-state index contributed by atoms with van der Waals surface area (Å²) in [6.07, 6.45) is 7.97. The molecule has 0 radical (unpaired) electrons. The van der Waals surface area contributed by atoms with Crippen molar-refractivity contribution in [2.45, 2.75) is 70.5 Å². The maximum absolute atomic E-state index is 4.39. The summed E-state index contributed by atoms with van der Waals surface area (Å²) in [4.78, 5) is 9.46. The summed E-state index contributed by atoms with van der Waals surface area (Å²) in [6, 6.07) is 2.02. The number of nitrogens with zero attached hydrogens (tertiary/aromatic N) is 3. The lowest BCUT2D eigenvalue weighted by atomic mass is 10.0. The predicted octanol–water partition coefficient (Wildman–Crippen LogP) is 1.90. The van der Waals surface area contributed by atoms with Gasteiger partial charge in [-0.1, -0.05) is 12.8 Å². The summed E-state index contributed by atoms with van der Waals surface area (Å²) in [5.74, 6) is 0.966. The van der Waals surface area contributed by atoms with Crippen molar-refractivity contribution in [2.75, 3.05) is 40.3 Å². The van der Waals surface area contributed by atoms with Gasteiger partial charge in [0.05, 0.1) is 0 Å². The Morgan fingerprint density at radius 1 is 1.17 bits per heavy atom. The first-order valence-corrected chi connectivity index (χ1v) is 9.51. The second kappa shape index (κ2) is 9.48. The van der Waals surface area contributed by atoms with Gasteiger partial charge in [0.25, 0.3) is 0 Å². The predicted molar refractivity (Wildman–Crippen MR) is 99.1 cm³/mol. The molecule has 0 aromatic carbocycles. The Balaban J connectivity index is 1.64. The number of rotatable bonds is 6. The van der Waals surface area contributed by atoms with Crippen molar-refractivity contribution in [3.8, 4) is 0 Å². The van der Waals surface area contributed by atoms with E-state index in [2.05, 4.69) is 46.3 Å². The van der Waals surface area contributed by atoms with Gasteiger partial charge in [-0.15, -0.1) is 0 Å². The van der Waals surface area contributed by atoms with Crippen LogP contribution in [0.5, 0.6) is 0 Å². The van der Waals surface area contributed by atoms with Gasteiger partial charge >= 0.3 is 0 Å². The van der Waals surface area contributed by atoms with Crippen LogP contribution in [0, 0.1) is 0 Å². The fourth-order valence-electron chi connectivity index (χ4n) is 3.83. The molecule has 0 aromatic rings. The number of hydrogen-bond acceptors (Lipinski definition) is 3. The second-order valence-electron chi connectivity index (χ2n) is 7.47. The van der Waals surface area contributed by atoms with Crippen molar-refractivity contribution in [3.05, 3.63) is 0 Å². The van der Waals surface area contributed by atoms with E-state index in [1.807, 2.05) is 7.05 Å². The van der Waals surface area contributed by atoms with E-state index in [4.69, 9.17) is 0 Å². The van der Waals surface area contributed by atoms with Gasteiger partial charge < -0.3 is 20.4 Å². The van der Waals surface area contributed by atoms with Crippen LogP contribution in [0.3, 0.4) is 0 Å². The zero-order chi connectivity index (χ0) is 16.7. The number of guanidine groups is 1. The van der Waals surface area contributed by atoms with Crippen molar-refractivity contribution in [3.63, 3.8) is 0 Å². The summed E-state index contributed by atoms with van der Waals surface area (Å²) in [5.41, 5.74) is 0. The van der Waals surface area contributed by atoms with Crippen LogP contribution in [0.15, 0.2) is 4.99 Å². The van der Waals surface area contributed by atoms with E-state index in [1.54, 1.807) is 0 Å². The standard InChI is InChI=1S/C18H37N5/c1-15(2)23-12-9-16(10-13-23)21-18(19-3)20-11-14-22(4)17-7-5-6-8-17/h15-17H,5-14H2,1-4H3,(H2,19,20,21). The minimum atomic E-state index is 0.559. The minimum Gasteiger partial charge on any atom is -0.355 e. The van der Waals surface area contributed by atoms with Gasteiger partial charge in [-0.05, 0) is 46.6 Å². The first kappa shape index (κ1) is 18.5. The molecule has 2 N–H and O–H groups in total. The lowest BCUT2D eigenvalue weighted by Crippen LogP contribution is -2.50. The molecule has 2 rings (SSSR count). The fraction of sp³-hybridized carbons (Fsp3) is 0.944. The molecule has 1 saturated heterocycles. The van der Waals surface area contributed by atoms with Crippen molar-refractivity contribution in [1.29, 1.82) is 0 Å². The molecule has 0 spiro atoms. The molecule has 1 aliphatic heterocycles. The lowest BCUT2D eigenvalue weighted by molar-refractivity contribution is 0.167. The molecule has 2 aliphatic rings. The first-order valence-electron chi connectivity index (χ1n) is 9.51. The van der Waals surface area contributed by atoms with Crippen LogP contribution in [-0.2, 0) is 0 Å². The summed E-state index contributed by atoms with van der Waals surface area (Å²) in [7, 11) is 4.13. The number of piperidine rings is 1. The number of hydrogen-bond donors (Lipinski definition) is 2. The Morgan fingerprint density at radius 3 is 2.39 bits per heavy atom. The van der Waals surface area contributed by atoms with Crippen LogP contribution in [0.1, 0.15) is 52.4 Å². The molecule has 1 saturated carbocycles. The van der Waals surface area contributed by atoms with Crippen LogP contribution in [0.2, 0.25) is 0 Å². The van der Waals surface area contributed by atoms with Gasteiger partial charge in [-0.3, -0.25) is 4.99 Å². The average molecular weight is 324 g/mol. The van der Waals surface area contributed by atoms with E-state index in [1.165, 1.54) is 51.6 Å².